The van der Waals surface area contributed by atoms with Crippen LogP contribution in [0.3, 0.4) is 0 Å². The minimum absolute atomic E-state index is 0.133. The van der Waals surface area contributed by atoms with E-state index in [1.165, 1.54) is 23.3 Å². The second-order valence-corrected chi connectivity index (χ2v) is 24.8. The normalized spacial score (nSPS) is 12.9. The van der Waals surface area contributed by atoms with Gasteiger partial charge in [-0.3, -0.25) is 0 Å². The molecule has 0 aliphatic carbocycles. The van der Waals surface area contributed by atoms with Crippen LogP contribution in [0.5, 0.6) is 0 Å². The van der Waals surface area contributed by atoms with Gasteiger partial charge in [0.2, 0.25) is 0 Å². The van der Waals surface area contributed by atoms with Gasteiger partial charge >= 0.3 is 6.18 Å². The first-order valence-electron chi connectivity index (χ1n) is 26.4. The molecule has 0 saturated carbocycles. The van der Waals surface area contributed by atoms with Gasteiger partial charge in [0.15, 0.2) is 5.82 Å². The maximum atomic E-state index is 15.3. The lowest BCUT2D eigenvalue weighted by Gasteiger charge is -2.22. The lowest BCUT2D eigenvalue weighted by atomic mass is 9.85. The molecule has 0 amide bonds. The van der Waals surface area contributed by atoms with Crippen LogP contribution in [-0.2, 0) is 27.8 Å². The number of hydrogen-bond acceptors (Lipinski definition) is 2. The molecular formula is C69H65F3N4. The largest absolute Gasteiger partial charge is 0.416 e. The third-order valence-electron chi connectivity index (χ3n) is 15.2. The third-order valence-corrected chi connectivity index (χ3v) is 15.2. The van der Waals surface area contributed by atoms with E-state index in [0.29, 0.717) is 17.1 Å². The van der Waals surface area contributed by atoms with E-state index in [0.717, 1.165) is 94.1 Å². The number of fused-ring (bicyclic) bond motifs is 6. The zero-order valence-corrected chi connectivity index (χ0v) is 45.7. The number of halogens is 3. The molecule has 0 bridgehead atoms. The number of hydrogen-bond donors (Lipinski definition) is 0. The second-order valence-electron chi connectivity index (χ2n) is 24.8. The van der Waals surface area contributed by atoms with Gasteiger partial charge < -0.3 is 9.13 Å². The predicted octanol–water partition coefficient (Wildman–Crippen LogP) is 19.5. The van der Waals surface area contributed by atoms with Crippen molar-refractivity contribution in [2.75, 3.05) is 0 Å². The summed E-state index contributed by atoms with van der Waals surface area (Å²) < 4.78 is 50.4. The molecular weight excluding hydrogens is 942 g/mol. The first kappa shape index (κ1) is 50.4. The van der Waals surface area contributed by atoms with Crippen LogP contribution in [0.4, 0.5) is 13.2 Å². The Morgan fingerprint density at radius 3 is 0.987 bits per heavy atom. The van der Waals surface area contributed by atoms with E-state index in [1.54, 1.807) is 6.07 Å². The molecule has 0 atom stereocenters. The topological polar surface area (TPSA) is 35.6 Å². The molecule has 0 fully saturated rings. The molecule has 11 aromatic rings. The highest BCUT2D eigenvalue weighted by atomic mass is 19.4. The Labute approximate surface area is 444 Å². The summed E-state index contributed by atoms with van der Waals surface area (Å²) in [6.45, 7) is 26.6. The fourth-order valence-corrected chi connectivity index (χ4v) is 10.7. The van der Waals surface area contributed by atoms with Gasteiger partial charge in [-0.05, 0) is 117 Å². The van der Waals surface area contributed by atoms with Crippen molar-refractivity contribution in [2.24, 2.45) is 0 Å². The maximum absolute atomic E-state index is 15.3. The Morgan fingerprint density at radius 1 is 0.316 bits per heavy atom. The van der Waals surface area contributed by atoms with E-state index in [1.807, 2.05) is 48.5 Å². The van der Waals surface area contributed by atoms with Crippen LogP contribution in [-0.4, -0.2) is 19.1 Å². The van der Waals surface area contributed by atoms with Gasteiger partial charge in [-0.25, -0.2) is 9.97 Å². The van der Waals surface area contributed by atoms with Crippen molar-refractivity contribution in [3.8, 4) is 56.4 Å². The van der Waals surface area contributed by atoms with Gasteiger partial charge in [-0.1, -0.05) is 186 Å². The number of rotatable bonds is 6. The fourth-order valence-electron chi connectivity index (χ4n) is 10.7. The average Bonchev–Trinajstić information content (AvgIpc) is 3.90. The van der Waals surface area contributed by atoms with Gasteiger partial charge in [0.05, 0.1) is 50.4 Å². The molecule has 0 spiro atoms. The van der Waals surface area contributed by atoms with Crippen LogP contribution in [0.2, 0.25) is 0 Å². The summed E-state index contributed by atoms with van der Waals surface area (Å²) >= 11 is 0. The molecule has 0 aliphatic rings. The summed E-state index contributed by atoms with van der Waals surface area (Å²) in [5.41, 5.74) is 13.8. The minimum atomic E-state index is -4.61. The van der Waals surface area contributed by atoms with Crippen LogP contribution in [0.15, 0.2) is 176 Å². The first-order chi connectivity index (χ1) is 35.8. The van der Waals surface area contributed by atoms with Gasteiger partial charge in [0.25, 0.3) is 0 Å². The Hall–Kier alpha value is -7.77. The van der Waals surface area contributed by atoms with E-state index >= 15 is 13.2 Å². The van der Waals surface area contributed by atoms with Crippen molar-refractivity contribution >= 4 is 43.6 Å². The van der Waals surface area contributed by atoms with E-state index in [-0.39, 0.29) is 21.7 Å². The lowest BCUT2D eigenvalue weighted by Crippen LogP contribution is -2.11. The van der Waals surface area contributed by atoms with Crippen LogP contribution in [0, 0.1) is 0 Å². The fraction of sp³-hybridized carbons (Fsp3) is 0.246. The lowest BCUT2D eigenvalue weighted by molar-refractivity contribution is -0.137. The number of alkyl halides is 3. The van der Waals surface area contributed by atoms with Gasteiger partial charge in [0, 0.05) is 49.4 Å². The van der Waals surface area contributed by atoms with E-state index in [9.17, 15) is 0 Å². The Kier molecular flexibility index (Phi) is 11.9. The van der Waals surface area contributed by atoms with E-state index in [4.69, 9.17) is 9.97 Å². The average molecular weight is 1010 g/mol. The molecule has 3 aromatic heterocycles. The SMILES string of the molecule is CC(C)(C)c1ccc2c(c1)c1cc(C(C)(C)C)ccc1n2-c1cc(-c2nc(-c3ccccc3)cc(-c3ccccc3)n2)ccc1-c1ccc(C(F)(F)F)cc1-n1c2ccc(C(C)(C)C)cc2c2cc(C(C)(C)C)ccc21. The second kappa shape index (κ2) is 17.9. The smallest absolute Gasteiger partial charge is 0.309 e. The summed E-state index contributed by atoms with van der Waals surface area (Å²) in [5.74, 6) is 0.526. The summed E-state index contributed by atoms with van der Waals surface area (Å²) in [7, 11) is 0. The molecule has 0 radical (unpaired) electrons. The number of aromatic nitrogens is 4. The molecule has 8 aromatic carbocycles. The molecule has 7 heteroatoms. The van der Waals surface area contributed by atoms with Crippen molar-refractivity contribution in [1.82, 2.24) is 19.1 Å². The monoisotopic (exact) mass is 1010 g/mol. The van der Waals surface area contributed by atoms with Crippen molar-refractivity contribution in [1.29, 1.82) is 0 Å². The molecule has 0 N–H and O–H groups in total. The van der Waals surface area contributed by atoms with Crippen LogP contribution >= 0.6 is 0 Å². The quantitative estimate of drug-likeness (QED) is 0.166. The Bertz CT molecular complexity index is 3850. The standard InChI is InChI=1S/C69H65F3N4/c1-65(2,3)45-25-31-58-52(36-45)53-37-46(66(4,5)6)26-32-59(53)75(58)62-35-44(64-73-56(42-19-15-13-16-20-42)41-57(74-64)43-21-17-14-18-22-43)23-29-50(62)51-30-24-49(69(70,71)72)40-63(51)76-60-33-27-47(67(7,8)9)38-54(60)55-39-48(68(10,11)12)28-34-61(55)76/h13-41H,1-12H3. The van der Waals surface area contributed by atoms with Gasteiger partial charge in [-0.15, -0.1) is 0 Å². The third kappa shape index (κ3) is 9.07. The van der Waals surface area contributed by atoms with E-state index < -0.39 is 11.7 Å². The zero-order chi connectivity index (χ0) is 53.9. The highest BCUT2D eigenvalue weighted by Crippen LogP contribution is 2.46. The highest BCUT2D eigenvalue weighted by molar-refractivity contribution is 6.12. The Balaban J connectivity index is 1.28. The number of benzene rings is 8. The van der Waals surface area contributed by atoms with Crippen molar-refractivity contribution < 1.29 is 13.2 Å². The molecule has 76 heavy (non-hydrogen) atoms. The van der Waals surface area contributed by atoms with Crippen LogP contribution < -0.4 is 0 Å². The zero-order valence-electron chi connectivity index (χ0n) is 45.7. The molecule has 382 valence electrons. The van der Waals surface area contributed by atoms with E-state index in [2.05, 4.69) is 201 Å². The predicted molar refractivity (Wildman–Crippen MR) is 312 cm³/mol. The summed E-state index contributed by atoms with van der Waals surface area (Å²) in [6.07, 6.45) is -4.61. The van der Waals surface area contributed by atoms with Crippen LogP contribution in [0.25, 0.3) is 100 Å². The number of nitrogens with zero attached hydrogens (tertiary/aromatic N) is 4. The summed E-state index contributed by atoms with van der Waals surface area (Å²) in [4.78, 5) is 10.6. The molecule has 4 nitrogen and oxygen atoms in total. The Morgan fingerprint density at radius 2 is 0.645 bits per heavy atom. The molecule has 3 heterocycles. The molecule has 0 unspecified atom stereocenters. The summed E-state index contributed by atoms with van der Waals surface area (Å²) in [5, 5.41) is 4.17. The minimum Gasteiger partial charge on any atom is -0.309 e. The maximum Gasteiger partial charge on any atom is 0.416 e. The summed E-state index contributed by atoms with van der Waals surface area (Å²) in [6, 6.07) is 59.2. The van der Waals surface area contributed by atoms with Gasteiger partial charge in [-0.2, -0.15) is 13.2 Å². The van der Waals surface area contributed by atoms with Crippen molar-refractivity contribution in [3.63, 3.8) is 0 Å². The van der Waals surface area contributed by atoms with Crippen molar-refractivity contribution in [2.45, 2.75) is 111 Å². The van der Waals surface area contributed by atoms with Gasteiger partial charge in [0.1, 0.15) is 0 Å². The highest BCUT2D eigenvalue weighted by Gasteiger charge is 2.33. The molecule has 11 rings (SSSR count). The van der Waals surface area contributed by atoms with Crippen LogP contribution in [0.1, 0.15) is 111 Å². The first-order valence-corrected chi connectivity index (χ1v) is 26.4. The molecule has 0 saturated heterocycles. The molecule has 0 aliphatic heterocycles. The van der Waals surface area contributed by atoms with Crippen molar-refractivity contribution in [3.05, 3.63) is 204 Å².